The molecule has 0 aliphatic rings. The Labute approximate surface area is 104 Å². The fraction of sp³-hybridized carbons (Fsp3) is 0.333. The Morgan fingerprint density at radius 2 is 1.56 bits per heavy atom. The van der Waals surface area contributed by atoms with E-state index in [2.05, 4.69) is 0 Å². The minimum Gasteiger partial charge on any atom is -0.418 e. The molecule has 1 aromatic heterocycles. The number of nitrogens with zero attached hydrogens (tertiary/aromatic N) is 1. The number of hydrogen-bond acceptors (Lipinski definition) is 2. The average Bonchev–Trinajstić information content (AvgIpc) is 2.23. The topological polar surface area (TPSA) is 38.0 Å². The van der Waals surface area contributed by atoms with Gasteiger partial charge in [-0.3, -0.25) is 0 Å². The molecule has 0 atom stereocenters. The summed E-state index contributed by atoms with van der Waals surface area (Å²) in [6, 6.07) is 5.86. The molecule has 102 valence electrons. The Balaban J connectivity index is 0.000000494. The van der Waals surface area contributed by atoms with Gasteiger partial charge in [-0.25, -0.2) is 4.57 Å². The number of aromatic nitrogens is 1. The molecule has 0 bridgehead atoms. The first-order chi connectivity index (χ1) is 8.29. The summed E-state index contributed by atoms with van der Waals surface area (Å²) in [7, 11) is -8.01. The number of halogens is 4. The normalized spacial score (nSPS) is 10.2. The van der Waals surface area contributed by atoms with Gasteiger partial charge in [0.15, 0.2) is 12.4 Å². The van der Waals surface area contributed by atoms with Crippen LogP contribution in [-0.4, -0.2) is 21.0 Å². The van der Waals surface area contributed by atoms with Gasteiger partial charge in [-0.2, -0.15) is 8.42 Å². The van der Waals surface area contributed by atoms with Gasteiger partial charge >= 0.3 is 7.25 Å². The minimum absolute atomic E-state index is 0.609. The highest BCUT2D eigenvalue weighted by atomic mass is 32.2. The van der Waals surface area contributed by atoms with Crippen molar-refractivity contribution < 1.29 is 30.2 Å². The Kier molecular flexibility index (Phi) is 8.01. The van der Waals surface area contributed by atoms with Crippen molar-refractivity contribution in [2.45, 2.75) is 19.4 Å². The second-order valence-electron chi connectivity index (χ2n) is 3.18. The number of aryl methyl sites for hydroxylation is 1. The van der Waals surface area contributed by atoms with E-state index in [9.17, 15) is 25.7 Å². The Bertz CT molecular complexity index is 447. The monoisotopic (exact) mass is 285 g/mol. The summed E-state index contributed by atoms with van der Waals surface area (Å²) in [5.41, 5.74) is 0. The molecular weight excluding hydrogens is 273 g/mol. The summed E-state index contributed by atoms with van der Waals surface area (Å²) in [6.45, 7) is 0.856. The first-order valence-electron chi connectivity index (χ1n) is 5.02. The zero-order valence-corrected chi connectivity index (χ0v) is 10.2. The highest BCUT2D eigenvalue weighted by molar-refractivity contribution is 7.71. The zero-order chi connectivity index (χ0) is 14.0. The van der Waals surface area contributed by atoms with Crippen molar-refractivity contribution >= 4 is 22.9 Å². The maximum absolute atomic E-state index is 10.1. The van der Waals surface area contributed by atoms with Crippen molar-refractivity contribution in [3.8, 4) is 0 Å². The molecule has 3 nitrogen and oxygen atoms in total. The van der Waals surface area contributed by atoms with E-state index in [0.717, 1.165) is 13.0 Å². The van der Waals surface area contributed by atoms with Gasteiger partial charge < -0.3 is 17.3 Å². The van der Waals surface area contributed by atoms with E-state index in [1.54, 1.807) is 0 Å². The average molecular weight is 285 g/mol. The Hall–Kier alpha value is -1.38. The van der Waals surface area contributed by atoms with Crippen molar-refractivity contribution in [1.29, 1.82) is 0 Å². The van der Waals surface area contributed by atoms with Gasteiger partial charge in [-0.05, 0) is 6.42 Å². The van der Waals surface area contributed by atoms with Crippen LogP contribution < -0.4 is 4.57 Å². The first-order valence-corrected chi connectivity index (χ1v) is 6.15. The second-order valence-corrected chi connectivity index (χ2v) is 4.03. The van der Waals surface area contributed by atoms with Gasteiger partial charge in [0, 0.05) is 23.9 Å². The van der Waals surface area contributed by atoms with Gasteiger partial charge in [0.2, 0.25) is 10.3 Å². The van der Waals surface area contributed by atoms with E-state index < -0.39 is 17.5 Å². The van der Waals surface area contributed by atoms with Crippen molar-refractivity contribution in [3.63, 3.8) is 0 Å². The standard InChI is InChI=1S/C9H12NO2S.BF4/c11-13(12)9-5-4-8-10-6-2-1-3-7-10;2-1(3,4)5/h1-3,6-7,9H,4-5,8H2;/q+1;-1. The van der Waals surface area contributed by atoms with E-state index >= 15 is 0 Å². The van der Waals surface area contributed by atoms with Gasteiger partial charge in [0.1, 0.15) is 6.54 Å². The van der Waals surface area contributed by atoms with E-state index in [0.29, 0.717) is 6.42 Å². The van der Waals surface area contributed by atoms with Crippen LogP contribution >= 0.6 is 0 Å². The van der Waals surface area contributed by atoms with Gasteiger partial charge in [0.05, 0.1) is 0 Å². The van der Waals surface area contributed by atoms with Crippen LogP contribution in [0.5, 0.6) is 0 Å². The summed E-state index contributed by atoms with van der Waals surface area (Å²) >= 11 is 0. The number of hydrogen-bond donors (Lipinski definition) is 0. The molecule has 1 heterocycles. The molecule has 0 amide bonds. The maximum Gasteiger partial charge on any atom is 0.673 e. The lowest BCUT2D eigenvalue weighted by Gasteiger charge is -1.94. The lowest BCUT2D eigenvalue weighted by molar-refractivity contribution is -0.697. The van der Waals surface area contributed by atoms with Crippen LogP contribution in [0, 0.1) is 0 Å². The highest BCUT2D eigenvalue weighted by Crippen LogP contribution is 2.06. The number of pyridine rings is 1. The summed E-state index contributed by atoms with van der Waals surface area (Å²) < 4.78 is 61.3. The molecule has 18 heavy (non-hydrogen) atoms. The fourth-order valence-corrected chi connectivity index (χ4v) is 1.40. The molecule has 0 radical (unpaired) electrons. The molecule has 0 saturated heterocycles. The molecule has 0 unspecified atom stereocenters. The molecule has 0 spiro atoms. The molecule has 0 saturated carbocycles. The third-order valence-corrected chi connectivity index (χ3v) is 2.16. The van der Waals surface area contributed by atoms with Crippen LogP contribution in [0.4, 0.5) is 17.3 Å². The molecule has 1 rings (SSSR count). The highest BCUT2D eigenvalue weighted by Gasteiger charge is 2.20. The molecule has 0 N–H and O–H groups in total. The van der Waals surface area contributed by atoms with E-state index in [-0.39, 0.29) is 0 Å². The van der Waals surface area contributed by atoms with Crippen molar-refractivity contribution in [2.75, 3.05) is 0 Å². The fourth-order valence-electron chi connectivity index (χ4n) is 1.04. The van der Waals surface area contributed by atoms with Crippen molar-refractivity contribution in [2.24, 2.45) is 0 Å². The Morgan fingerprint density at radius 3 is 2.00 bits per heavy atom. The minimum atomic E-state index is -6.00. The van der Waals surface area contributed by atoms with Crippen molar-refractivity contribution in [1.82, 2.24) is 0 Å². The van der Waals surface area contributed by atoms with Crippen LogP contribution in [0.2, 0.25) is 0 Å². The Morgan fingerprint density at radius 1 is 1.06 bits per heavy atom. The van der Waals surface area contributed by atoms with Crippen LogP contribution in [0.1, 0.15) is 12.8 Å². The predicted molar refractivity (Wildman–Crippen MR) is 61.0 cm³/mol. The van der Waals surface area contributed by atoms with Crippen LogP contribution in [-0.2, 0) is 16.8 Å². The lowest BCUT2D eigenvalue weighted by atomic mass is 10.3. The smallest absolute Gasteiger partial charge is 0.418 e. The van der Waals surface area contributed by atoms with Gasteiger partial charge in [-0.1, -0.05) is 6.07 Å². The van der Waals surface area contributed by atoms with E-state index in [1.807, 2.05) is 35.2 Å². The second kappa shape index (κ2) is 8.68. The summed E-state index contributed by atoms with van der Waals surface area (Å²) in [5, 5.41) is 1.30. The molecule has 0 fully saturated rings. The van der Waals surface area contributed by atoms with Crippen LogP contribution in [0.15, 0.2) is 30.6 Å². The lowest BCUT2D eigenvalue weighted by Crippen LogP contribution is -2.32. The zero-order valence-electron chi connectivity index (χ0n) is 9.35. The quantitative estimate of drug-likeness (QED) is 0.278. The predicted octanol–water partition coefficient (Wildman–Crippen LogP) is 1.74. The first kappa shape index (κ1) is 16.6. The maximum atomic E-state index is 10.1. The van der Waals surface area contributed by atoms with Crippen molar-refractivity contribution in [3.05, 3.63) is 30.6 Å². The summed E-state index contributed by atoms with van der Waals surface area (Å²) in [5.74, 6) is 0. The molecule has 9 heteroatoms. The molecule has 0 aliphatic carbocycles. The van der Waals surface area contributed by atoms with Gasteiger partial charge in [-0.15, -0.1) is 0 Å². The van der Waals surface area contributed by atoms with Crippen LogP contribution in [0.3, 0.4) is 0 Å². The van der Waals surface area contributed by atoms with E-state index in [4.69, 9.17) is 0 Å². The SMILES string of the molecule is F[B-](F)(F)F.O=S(=O)=CCCC[n+]1ccccc1. The largest absolute Gasteiger partial charge is 0.673 e. The van der Waals surface area contributed by atoms with Crippen LogP contribution in [0.25, 0.3) is 0 Å². The third-order valence-electron chi connectivity index (χ3n) is 1.65. The summed E-state index contributed by atoms with van der Waals surface area (Å²) in [6.07, 6.45) is 5.39. The summed E-state index contributed by atoms with van der Waals surface area (Å²) in [4.78, 5) is 0. The molecule has 0 aromatic carbocycles. The number of unbranched alkanes of at least 4 members (excludes halogenated alkanes) is 1. The molecule has 1 aromatic rings. The number of rotatable bonds is 4. The molecular formula is C9H12BF4NO2S. The third kappa shape index (κ3) is 14.6. The molecule has 0 aliphatic heterocycles. The van der Waals surface area contributed by atoms with E-state index in [1.165, 1.54) is 5.37 Å². The van der Waals surface area contributed by atoms with Gasteiger partial charge in [0.25, 0.3) is 0 Å².